The van der Waals surface area contributed by atoms with E-state index in [0.717, 1.165) is 6.04 Å². The van der Waals surface area contributed by atoms with E-state index in [0.29, 0.717) is 0 Å². The van der Waals surface area contributed by atoms with E-state index in [1.54, 1.807) is 0 Å². The summed E-state index contributed by atoms with van der Waals surface area (Å²) in [7, 11) is 0. The lowest BCUT2D eigenvalue weighted by molar-refractivity contribution is 0.162. The van der Waals surface area contributed by atoms with Crippen LogP contribution in [0.2, 0.25) is 0 Å². The van der Waals surface area contributed by atoms with Crippen molar-refractivity contribution in [3.63, 3.8) is 0 Å². The molecule has 0 aromatic rings. The van der Waals surface area contributed by atoms with Gasteiger partial charge >= 0.3 is 0 Å². The fraction of sp³-hybridized carbons (Fsp3) is 1.00. The smallest absolute Gasteiger partial charge is 0.0221 e. The molecule has 0 amide bonds. The third-order valence-electron chi connectivity index (χ3n) is 2.68. The quantitative estimate of drug-likeness (QED) is 0.726. The van der Waals surface area contributed by atoms with E-state index in [1.807, 2.05) is 11.8 Å². The monoisotopic (exact) mass is 202 g/mol. The first-order chi connectivity index (χ1) is 6.38. The fourth-order valence-corrected chi connectivity index (χ4v) is 2.34. The standard InChI is InChI=1S/C10H22N2S/c1-3-4-10-9-11-5-6-12(10)7-8-13-2/h10-11H,3-9H2,1-2H3. The van der Waals surface area contributed by atoms with Crippen molar-refractivity contribution in [1.29, 1.82) is 0 Å². The highest BCUT2D eigenvalue weighted by Gasteiger charge is 2.19. The van der Waals surface area contributed by atoms with Gasteiger partial charge in [-0.3, -0.25) is 4.90 Å². The zero-order valence-electron chi connectivity index (χ0n) is 8.88. The topological polar surface area (TPSA) is 15.3 Å². The van der Waals surface area contributed by atoms with Gasteiger partial charge in [0.2, 0.25) is 0 Å². The Labute approximate surface area is 86.5 Å². The van der Waals surface area contributed by atoms with Crippen LogP contribution in [0.5, 0.6) is 0 Å². The predicted molar refractivity (Wildman–Crippen MR) is 61.5 cm³/mol. The van der Waals surface area contributed by atoms with Gasteiger partial charge in [-0.15, -0.1) is 0 Å². The number of nitrogens with one attached hydrogen (secondary N) is 1. The van der Waals surface area contributed by atoms with Crippen molar-refractivity contribution in [2.24, 2.45) is 0 Å². The zero-order chi connectivity index (χ0) is 9.52. The Morgan fingerprint density at radius 1 is 1.54 bits per heavy atom. The van der Waals surface area contributed by atoms with Crippen molar-refractivity contribution in [3.8, 4) is 0 Å². The third-order valence-corrected chi connectivity index (χ3v) is 3.27. The summed E-state index contributed by atoms with van der Waals surface area (Å²) in [5.74, 6) is 1.28. The summed E-state index contributed by atoms with van der Waals surface area (Å²) in [4.78, 5) is 2.65. The molecule has 0 aromatic carbocycles. The Bertz CT molecular complexity index is 128. The number of hydrogen-bond donors (Lipinski definition) is 1. The highest BCUT2D eigenvalue weighted by Crippen LogP contribution is 2.10. The van der Waals surface area contributed by atoms with Crippen LogP contribution in [0.25, 0.3) is 0 Å². The van der Waals surface area contributed by atoms with Gasteiger partial charge in [0.05, 0.1) is 0 Å². The van der Waals surface area contributed by atoms with Crippen molar-refractivity contribution in [3.05, 3.63) is 0 Å². The Morgan fingerprint density at radius 3 is 3.08 bits per heavy atom. The Balaban J connectivity index is 2.28. The van der Waals surface area contributed by atoms with Gasteiger partial charge < -0.3 is 5.32 Å². The van der Waals surface area contributed by atoms with E-state index in [1.165, 1.54) is 44.8 Å². The molecule has 0 spiro atoms. The van der Waals surface area contributed by atoms with Crippen LogP contribution in [-0.2, 0) is 0 Å². The molecule has 1 fully saturated rings. The van der Waals surface area contributed by atoms with E-state index in [-0.39, 0.29) is 0 Å². The van der Waals surface area contributed by atoms with Crippen molar-refractivity contribution in [1.82, 2.24) is 10.2 Å². The molecule has 1 unspecified atom stereocenters. The van der Waals surface area contributed by atoms with Crippen LogP contribution in [0, 0.1) is 0 Å². The summed E-state index contributed by atoms with van der Waals surface area (Å²) >= 11 is 1.95. The first-order valence-electron chi connectivity index (χ1n) is 5.32. The molecule has 1 aliphatic rings. The number of thioether (sulfide) groups is 1. The first kappa shape index (κ1) is 11.3. The lowest BCUT2D eigenvalue weighted by Gasteiger charge is -2.36. The molecule has 1 atom stereocenters. The minimum Gasteiger partial charge on any atom is -0.314 e. The lowest BCUT2D eigenvalue weighted by atomic mass is 10.1. The summed E-state index contributed by atoms with van der Waals surface area (Å²) in [6.45, 7) is 7.16. The molecule has 2 nitrogen and oxygen atoms in total. The molecule has 0 bridgehead atoms. The molecule has 0 saturated carbocycles. The second kappa shape index (κ2) is 6.68. The molecule has 0 aliphatic carbocycles. The van der Waals surface area contributed by atoms with Gasteiger partial charge in [-0.25, -0.2) is 0 Å². The maximum atomic E-state index is 3.48. The normalized spacial score (nSPS) is 24.9. The molecule has 78 valence electrons. The van der Waals surface area contributed by atoms with Crippen molar-refractivity contribution in [2.45, 2.75) is 25.8 Å². The van der Waals surface area contributed by atoms with Crippen LogP contribution in [0.15, 0.2) is 0 Å². The minimum absolute atomic E-state index is 0.797. The van der Waals surface area contributed by atoms with Crippen molar-refractivity contribution < 1.29 is 0 Å². The predicted octanol–water partition coefficient (Wildman–Crippen LogP) is 1.42. The van der Waals surface area contributed by atoms with Gasteiger partial charge in [0.15, 0.2) is 0 Å². The Morgan fingerprint density at radius 2 is 2.38 bits per heavy atom. The lowest BCUT2D eigenvalue weighted by Crippen LogP contribution is -2.51. The second-order valence-electron chi connectivity index (χ2n) is 3.68. The second-order valence-corrected chi connectivity index (χ2v) is 4.66. The molecule has 13 heavy (non-hydrogen) atoms. The molecule has 1 rings (SSSR count). The number of rotatable bonds is 5. The zero-order valence-corrected chi connectivity index (χ0v) is 9.70. The molecular weight excluding hydrogens is 180 g/mol. The van der Waals surface area contributed by atoms with Gasteiger partial charge in [0, 0.05) is 38.0 Å². The highest BCUT2D eigenvalue weighted by molar-refractivity contribution is 7.98. The van der Waals surface area contributed by atoms with Gasteiger partial charge in [-0.1, -0.05) is 13.3 Å². The van der Waals surface area contributed by atoms with E-state index >= 15 is 0 Å². The van der Waals surface area contributed by atoms with Crippen molar-refractivity contribution >= 4 is 11.8 Å². The molecule has 1 heterocycles. The average molecular weight is 202 g/mol. The van der Waals surface area contributed by atoms with Crippen LogP contribution >= 0.6 is 11.8 Å². The summed E-state index contributed by atoms with van der Waals surface area (Å²) in [5, 5.41) is 3.48. The largest absolute Gasteiger partial charge is 0.314 e. The average Bonchev–Trinajstić information content (AvgIpc) is 2.17. The highest BCUT2D eigenvalue weighted by atomic mass is 32.2. The van der Waals surface area contributed by atoms with E-state index in [4.69, 9.17) is 0 Å². The van der Waals surface area contributed by atoms with Crippen LogP contribution in [0.1, 0.15) is 19.8 Å². The van der Waals surface area contributed by atoms with Gasteiger partial charge in [0.25, 0.3) is 0 Å². The van der Waals surface area contributed by atoms with Gasteiger partial charge in [-0.2, -0.15) is 11.8 Å². The maximum Gasteiger partial charge on any atom is 0.0221 e. The summed E-state index contributed by atoms with van der Waals surface area (Å²) in [6, 6.07) is 0.797. The number of nitrogens with zero attached hydrogens (tertiary/aromatic N) is 1. The van der Waals surface area contributed by atoms with E-state index < -0.39 is 0 Å². The van der Waals surface area contributed by atoms with Crippen LogP contribution < -0.4 is 5.32 Å². The summed E-state index contributed by atoms with van der Waals surface area (Å²) in [6.07, 6.45) is 4.85. The molecule has 1 aliphatic heterocycles. The minimum atomic E-state index is 0.797. The van der Waals surface area contributed by atoms with Gasteiger partial charge in [0.1, 0.15) is 0 Å². The Hall–Kier alpha value is 0.270. The van der Waals surface area contributed by atoms with Crippen LogP contribution in [0.3, 0.4) is 0 Å². The summed E-state index contributed by atoms with van der Waals surface area (Å²) in [5.41, 5.74) is 0. The third kappa shape index (κ3) is 3.88. The fourth-order valence-electron chi connectivity index (χ4n) is 1.92. The molecule has 0 radical (unpaired) electrons. The molecule has 1 N–H and O–H groups in total. The number of hydrogen-bond acceptors (Lipinski definition) is 3. The van der Waals surface area contributed by atoms with Crippen LogP contribution in [0.4, 0.5) is 0 Å². The van der Waals surface area contributed by atoms with Crippen LogP contribution in [-0.4, -0.2) is 49.1 Å². The maximum absolute atomic E-state index is 3.48. The molecule has 1 saturated heterocycles. The summed E-state index contributed by atoms with van der Waals surface area (Å²) < 4.78 is 0. The molecule has 0 aromatic heterocycles. The first-order valence-corrected chi connectivity index (χ1v) is 6.71. The Kier molecular flexibility index (Phi) is 5.83. The molecule has 3 heteroatoms. The van der Waals surface area contributed by atoms with E-state index in [2.05, 4.69) is 23.4 Å². The van der Waals surface area contributed by atoms with Crippen molar-refractivity contribution in [2.75, 3.05) is 38.2 Å². The van der Waals surface area contributed by atoms with E-state index in [9.17, 15) is 0 Å². The number of piperazine rings is 1. The molecular formula is C10H22N2S. The van der Waals surface area contributed by atoms with Gasteiger partial charge in [-0.05, 0) is 12.7 Å². The SMILES string of the molecule is CCCC1CNCCN1CCSC.